The van der Waals surface area contributed by atoms with Crippen molar-refractivity contribution in [1.29, 1.82) is 0 Å². The van der Waals surface area contributed by atoms with E-state index in [-0.39, 0.29) is 5.91 Å². The van der Waals surface area contributed by atoms with Crippen molar-refractivity contribution in [3.63, 3.8) is 0 Å². The largest absolute Gasteiger partial charge is 0.497 e. The smallest absolute Gasteiger partial charge is 0.254 e. The van der Waals surface area contributed by atoms with E-state index < -0.39 is 0 Å². The van der Waals surface area contributed by atoms with Gasteiger partial charge >= 0.3 is 0 Å². The van der Waals surface area contributed by atoms with Gasteiger partial charge in [-0.15, -0.1) is 0 Å². The van der Waals surface area contributed by atoms with Crippen molar-refractivity contribution in [2.75, 3.05) is 33.3 Å². The Balaban J connectivity index is 1.33. The number of methoxy groups -OCH3 is 1. The minimum absolute atomic E-state index is 0.163. The summed E-state index contributed by atoms with van der Waals surface area (Å²) < 4.78 is 7.56. The molecular formula is C26H31N3O2. The van der Waals surface area contributed by atoms with Crippen LogP contribution in [0.3, 0.4) is 0 Å². The van der Waals surface area contributed by atoms with Crippen LogP contribution in [0.25, 0.3) is 10.9 Å². The topological polar surface area (TPSA) is 37.7 Å². The van der Waals surface area contributed by atoms with E-state index >= 15 is 0 Å². The van der Waals surface area contributed by atoms with Crippen molar-refractivity contribution in [3.05, 3.63) is 65.9 Å². The SMILES string of the molecule is COc1cccc(Cn2ccc3c(C(=O)N4CCN(C5CCCC5)CC4)cccc32)c1. The second-order valence-electron chi connectivity index (χ2n) is 8.80. The average molecular weight is 418 g/mol. The van der Waals surface area contributed by atoms with Crippen LogP contribution in [0.5, 0.6) is 5.75 Å². The fourth-order valence-corrected chi connectivity index (χ4v) is 5.25. The highest BCUT2D eigenvalue weighted by molar-refractivity contribution is 6.06. The van der Waals surface area contributed by atoms with E-state index in [0.717, 1.165) is 61.0 Å². The number of rotatable bonds is 5. The van der Waals surface area contributed by atoms with Gasteiger partial charge in [-0.05, 0) is 48.7 Å². The molecule has 1 saturated heterocycles. The first kappa shape index (κ1) is 20.1. The highest BCUT2D eigenvalue weighted by atomic mass is 16.5. The Morgan fingerprint density at radius 1 is 1.00 bits per heavy atom. The van der Waals surface area contributed by atoms with Gasteiger partial charge in [0.1, 0.15) is 5.75 Å². The van der Waals surface area contributed by atoms with Crippen LogP contribution in [-0.4, -0.2) is 59.6 Å². The lowest BCUT2D eigenvalue weighted by atomic mass is 10.1. The number of benzene rings is 2. The number of hydrogen-bond acceptors (Lipinski definition) is 3. The first-order valence-corrected chi connectivity index (χ1v) is 11.5. The maximum absolute atomic E-state index is 13.4. The third kappa shape index (κ3) is 4.07. The van der Waals surface area contributed by atoms with Crippen LogP contribution in [0.1, 0.15) is 41.6 Å². The third-order valence-electron chi connectivity index (χ3n) is 6.97. The molecule has 0 atom stereocenters. The van der Waals surface area contributed by atoms with Crippen molar-refractivity contribution in [2.45, 2.75) is 38.3 Å². The molecule has 3 aromatic rings. The van der Waals surface area contributed by atoms with Gasteiger partial charge in [-0.1, -0.05) is 31.0 Å². The van der Waals surface area contributed by atoms with E-state index in [0.29, 0.717) is 0 Å². The molecule has 0 spiro atoms. The number of ether oxygens (including phenoxy) is 1. The lowest BCUT2D eigenvalue weighted by Crippen LogP contribution is -2.51. The first-order chi connectivity index (χ1) is 15.2. The van der Waals surface area contributed by atoms with Crippen LogP contribution < -0.4 is 4.74 Å². The van der Waals surface area contributed by atoms with Crippen molar-refractivity contribution in [2.24, 2.45) is 0 Å². The van der Waals surface area contributed by atoms with Gasteiger partial charge in [0.2, 0.25) is 0 Å². The fraction of sp³-hybridized carbons (Fsp3) is 0.423. The summed E-state index contributed by atoms with van der Waals surface area (Å²) in [5, 5.41) is 1.04. The molecule has 2 aliphatic rings. The van der Waals surface area contributed by atoms with Crippen LogP contribution in [0, 0.1) is 0 Å². The Kier molecular flexibility index (Phi) is 5.68. The zero-order valence-electron chi connectivity index (χ0n) is 18.3. The minimum Gasteiger partial charge on any atom is -0.497 e. The number of nitrogens with zero attached hydrogens (tertiary/aromatic N) is 3. The van der Waals surface area contributed by atoms with Gasteiger partial charge in [0, 0.05) is 61.4 Å². The Hall–Kier alpha value is -2.79. The van der Waals surface area contributed by atoms with E-state index in [1.165, 1.54) is 31.2 Å². The summed E-state index contributed by atoms with van der Waals surface area (Å²) in [6, 6.07) is 17.0. The minimum atomic E-state index is 0.163. The van der Waals surface area contributed by atoms with Crippen LogP contribution in [0.2, 0.25) is 0 Å². The average Bonchev–Trinajstić information content (AvgIpc) is 3.50. The van der Waals surface area contributed by atoms with Gasteiger partial charge in [-0.2, -0.15) is 0 Å². The maximum Gasteiger partial charge on any atom is 0.254 e. The standard InChI is InChI=1S/C26H31N3O2/c1-31-22-9-4-6-20(18-22)19-29-13-12-23-24(10-5-11-25(23)29)26(30)28-16-14-27(15-17-28)21-7-2-3-8-21/h4-6,9-13,18,21H,2-3,7-8,14-17,19H2,1H3. The molecule has 0 radical (unpaired) electrons. The second kappa shape index (κ2) is 8.75. The number of amides is 1. The lowest BCUT2D eigenvalue weighted by molar-refractivity contribution is 0.0575. The van der Waals surface area contributed by atoms with Gasteiger partial charge in [0.05, 0.1) is 7.11 Å². The van der Waals surface area contributed by atoms with E-state index in [9.17, 15) is 4.79 Å². The van der Waals surface area contributed by atoms with Crippen molar-refractivity contribution in [1.82, 2.24) is 14.4 Å². The van der Waals surface area contributed by atoms with Crippen molar-refractivity contribution in [3.8, 4) is 5.75 Å². The zero-order valence-corrected chi connectivity index (χ0v) is 18.3. The molecule has 162 valence electrons. The molecule has 5 nitrogen and oxygen atoms in total. The quantitative estimate of drug-likeness (QED) is 0.618. The first-order valence-electron chi connectivity index (χ1n) is 11.5. The molecule has 1 aromatic heterocycles. The molecule has 5 rings (SSSR count). The third-order valence-corrected chi connectivity index (χ3v) is 6.97. The predicted octanol–water partition coefficient (Wildman–Crippen LogP) is 4.40. The number of carbonyl (C=O) groups excluding carboxylic acids is 1. The number of hydrogen-bond donors (Lipinski definition) is 0. The number of fused-ring (bicyclic) bond motifs is 1. The van der Waals surface area contributed by atoms with Gasteiger partial charge in [-0.3, -0.25) is 9.69 Å². The van der Waals surface area contributed by atoms with E-state index in [1.807, 2.05) is 29.2 Å². The Labute approximate surface area is 184 Å². The van der Waals surface area contributed by atoms with Gasteiger partial charge in [0.25, 0.3) is 5.91 Å². The molecular weight excluding hydrogens is 386 g/mol. The summed E-state index contributed by atoms with van der Waals surface area (Å²) in [5.41, 5.74) is 3.09. The van der Waals surface area contributed by atoms with E-state index in [4.69, 9.17) is 4.74 Å². The molecule has 1 amide bonds. The van der Waals surface area contributed by atoms with Crippen molar-refractivity contribution < 1.29 is 9.53 Å². The van der Waals surface area contributed by atoms with Crippen LogP contribution in [-0.2, 0) is 6.54 Å². The van der Waals surface area contributed by atoms with Crippen molar-refractivity contribution >= 4 is 16.8 Å². The normalized spacial score (nSPS) is 18.0. The zero-order chi connectivity index (χ0) is 21.2. The van der Waals surface area contributed by atoms with Gasteiger partial charge < -0.3 is 14.2 Å². The predicted molar refractivity (Wildman–Crippen MR) is 124 cm³/mol. The van der Waals surface area contributed by atoms with Crippen LogP contribution >= 0.6 is 0 Å². The molecule has 1 aliphatic carbocycles. The number of carbonyl (C=O) groups is 1. The summed E-state index contributed by atoms with van der Waals surface area (Å²) in [4.78, 5) is 18.0. The summed E-state index contributed by atoms with van der Waals surface area (Å²) >= 11 is 0. The summed E-state index contributed by atoms with van der Waals surface area (Å²) in [5.74, 6) is 1.03. The van der Waals surface area contributed by atoms with Crippen LogP contribution in [0.4, 0.5) is 0 Å². The van der Waals surface area contributed by atoms with Gasteiger partial charge in [-0.25, -0.2) is 0 Å². The molecule has 2 fully saturated rings. The van der Waals surface area contributed by atoms with Gasteiger partial charge in [0.15, 0.2) is 0 Å². The Bertz CT molecular complexity index is 1060. The number of piperazine rings is 1. The molecule has 0 N–H and O–H groups in total. The monoisotopic (exact) mass is 417 g/mol. The highest BCUT2D eigenvalue weighted by Gasteiger charge is 2.28. The molecule has 1 aliphatic heterocycles. The molecule has 0 unspecified atom stereocenters. The second-order valence-corrected chi connectivity index (χ2v) is 8.80. The molecule has 2 aromatic carbocycles. The lowest BCUT2D eigenvalue weighted by Gasteiger charge is -2.38. The summed E-state index contributed by atoms with van der Waals surface area (Å²) in [7, 11) is 1.69. The summed E-state index contributed by atoms with van der Waals surface area (Å²) in [6.45, 7) is 4.41. The summed E-state index contributed by atoms with van der Waals surface area (Å²) in [6.07, 6.45) is 7.46. The van der Waals surface area contributed by atoms with Crippen LogP contribution in [0.15, 0.2) is 54.7 Å². The Morgan fingerprint density at radius 2 is 1.77 bits per heavy atom. The molecule has 2 heterocycles. The molecule has 0 bridgehead atoms. The number of aromatic nitrogens is 1. The molecule has 1 saturated carbocycles. The maximum atomic E-state index is 13.4. The van der Waals surface area contributed by atoms with E-state index in [2.05, 4.69) is 39.9 Å². The van der Waals surface area contributed by atoms with E-state index in [1.54, 1.807) is 7.11 Å². The molecule has 5 heteroatoms. The molecule has 31 heavy (non-hydrogen) atoms. The Morgan fingerprint density at radius 3 is 2.55 bits per heavy atom. The highest BCUT2D eigenvalue weighted by Crippen LogP contribution is 2.26. The fourth-order valence-electron chi connectivity index (χ4n) is 5.25.